The molecule has 2 heterocycles. The normalized spacial score (nSPS) is 11.5. The molecule has 0 saturated carbocycles. The number of carbonyl (C=O) groups is 1. The summed E-state index contributed by atoms with van der Waals surface area (Å²) in [6.45, 7) is 6.20. The van der Waals surface area contributed by atoms with Crippen molar-refractivity contribution in [1.82, 2.24) is 18.9 Å². The van der Waals surface area contributed by atoms with Crippen LogP contribution < -0.4 is 10.9 Å². The van der Waals surface area contributed by atoms with Gasteiger partial charge in [0, 0.05) is 47.6 Å². The first-order chi connectivity index (χ1) is 20.1. The number of aryl methyl sites for hydroxylation is 1. The Balaban J connectivity index is 1.63. The fourth-order valence-electron chi connectivity index (χ4n) is 4.92. The topological polar surface area (TPSA) is 71.6 Å². The van der Waals surface area contributed by atoms with E-state index in [1.165, 1.54) is 18.2 Å². The Kier molecular flexibility index (Phi) is 8.31. The Hall–Kier alpha value is -4.63. The highest BCUT2D eigenvalue weighted by Crippen LogP contribution is 2.28. The maximum atomic E-state index is 14.6. The summed E-state index contributed by atoms with van der Waals surface area (Å²) in [4.78, 5) is 32.8. The molecule has 0 fully saturated rings. The second-order valence-corrected chi connectivity index (χ2v) is 10.9. The van der Waals surface area contributed by atoms with E-state index in [0.29, 0.717) is 35.7 Å². The Bertz CT molecular complexity index is 1770. The third-order valence-electron chi connectivity index (χ3n) is 7.16. The molecule has 0 aliphatic rings. The van der Waals surface area contributed by atoms with Gasteiger partial charge in [0.2, 0.25) is 11.7 Å². The van der Waals surface area contributed by atoms with Crippen LogP contribution in [0.15, 0.2) is 83.8 Å². The van der Waals surface area contributed by atoms with Crippen LogP contribution in [0.1, 0.15) is 36.2 Å². The average molecular weight is 570 g/mol. The predicted molar refractivity (Wildman–Crippen MR) is 160 cm³/mol. The van der Waals surface area contributed by atoms with Crippen LogP contribution in [0.3, 0.4) is 0 Å². The molecule has 0 saturated heterocycles. The van der Waals surface area contributed by atoms with Crippen molar-refractivity contribution >= 4 is 17.4 Å². The highest BCUT2D eigenvalue weighted by atomic mass is 19.1. The van der Waals surface area contributed by atoms with Gasteiger partial charge in [-0.2, -0.15) is 0 Å². The number of aromatic nitrogens is 3. The van der Waals surface area contributed by atoms with Gasteiger partial charge in [0.25, 0.3) is 5.56 Å². The van der Waals surface area contributed by atoms with Crippen molar-refractivity contribution in [2.75, 3.05) is 12.4 Å². The lowest BCUT2D eigenvalue weighted by Gasteiger charge is -2.18. The van der Waals surface area contributed by atoms with Gasteiger partial charge in [-0.05, 0) is 43.8 Å². The standard InChI is InChI=1S/C33H33F2N5O2/c1-21(2)31(41)36-25-15-13-24(14-16-25)30-29(20-38(4)18-23-9-6-5-7-10-23)40-32(42)22(3)17-39(33(40)37-30)19-26-27(34)11-8-12-28(26)35/h5-17,21H,18-20H2,1-4H3,(H,36,41). The summed E-state index contributed by atoms with van der Waals surface area (Å²) in [7, 11) is 1.96. The number of carbonyl (C=O) groups excluding carboxylic acids is 1. The average Bonchev–Trinajstić information content (AvgIpc) is 3.33. The molecule has 0 bridgehead atoms. The van der Waals surface area contributed by atoms with Crippen LogP contribution in [0.4, 0.5) is 14.5 Å². The zero-order chi connectivity index (χ0) is 30.0. The molecule has 0 atom stereocenters. The Morgan fingerprint density at radius 2 is 1.62 bits per heavy atom. The van der Waals surface area contributed by atoms with Gasteiger partial charge in [0.15, 0.2) is 0 Å². The lowest BCUT2D eigenvalue weighted by Crippen LogP contribution is -2.25. The van der Waals surface area contributed by atoms with Gasteiger partial charge in [-0.1, -0.05) is 62.4 Å². The molecule has 216 valence electrons. The molecule has 7 nitrogen and oxygen atoms in total. The van der Waals surface area contributed by atoms with Crippen molar-refractivity contribution in [2.24, 2.45) is 5.92 Å². The maximum Gasteiger partial charge on any atom is 0.262 e. The molecule has 42 heavy (non-hydrogen) atoms. The minimum absolute atomic E-state index is 0.0911. The van der Waals surface area contributed by atoms with E-state index in [2.05, 4.69) is 10.2 Å². The Morgan fingerprint density at radius 3 is 2.26 bits per heavy atom. The third-order valence-corrected chi connectivity index (χ3v) is 7.16. The number of nitrogens with zero attached hydrogens (tertiary/aromatic N) is 4. The van der Waals surface area contributed by atoms with Crippen LogP contribution in [0.5, 0.6) is 0 Å². The fraction of sp³-hybridized carbons (Fsp3) is 0.242. The number of amides is 1. The van der Waals surface area contributed by atoms with Gasteiger partial charge >= 0.3 is 0 Å². The number of nitrogens with one attached hydrogen (secondary N) is 1. The summed E-state index contributed by atoms with van der Waals surface area (Å²) < 4.78 is 32.4. The number of anilines is 1. The molecule has 9 heteroatoms. The zero-order valence-electron chi connectivity index (χ0n) is 24.1. The van der Waals surface area contributed by atoms with E-state index in [9.17, 15) is 18.4 Å². The van der Waals surface area contributed by atoms with E-state index < -0.39 is 11.6 Å². The Morgan fingerprint density at radius 1 is 0.952 bits per heavy atom. The zero-order valence-corrected chi connectivity index (χ0v) is 24.1. The smallest absolute Gasteiger partial charge is 0.262 e. The SMILES string of the molecule is Cc1cn(Cc2c(F)cccc2F)c2nc(-c3ccc(NC(=O)C(C)C)cc3)c(CN(C)Cc3ccccc3)n2c1=O. The summed E-state index contributed by atoms with van der Waals surface area (Å²) in [5.74, 6) is -1.31. The third kappa shape index (κ3) is 6.01. The molecule has 5 rings (SSSR count). The van der Waals surface area contributed by atoms with E-state index in [4.69, 9.17) is 4.98 Å². The number of hydrogen-bond acceptors (Lipinski definition) is 4. The van der Waals surface area contributed by atoms with E-state index in [1.807, 2.05) is 63.4 Å². The van der Waals surface area contributed by atoms with Crippen molar-refractivity contribution in [2.45, 2.75) is 40.4 Å². The van der Waals surface area contributed by atoms with Gasteiger partial charge in [0.1, 0.15) is 11.6 Å². The molecule has 0 radical (unpaired) electrons. The van der Waals surface area contributed by atoms with Gasteiger partial charge in [-0.15, -0.1) is 0 Å². The highest BCUT2D eigenvalue weighted by Gasteiger charge is 2.22. The predicted octanol–water partition coefficient (Wildman–Crippen LogP) is 6.02. The highest BCUT2D eigenvalue weighted by molar-refractivity contribution is 5.92. The summed E-state index contributed by atoms with van der Waals surface area (Å²) >= 11 is 0. The maximum absolute atomic E-state index is 14.6. The second kappa shape index (κ2) is 12.1. The van der Waals surface area contributed by atoms with Gasteiger partial charge in [0.05, 0.1) is 17.9 Å². The molecule has 0 aliphatic heterocycles. The van der Waals surface area contributed by atoms with Gasteiger partial charge in [-0.3, -0.25) is 14.5 Å². The first-order valence-electron chi connectivity index (χ1n) is 13.8. The molecular weight excluding hydrogens is 536 g/mol. The van der Waals surface area contributed by atoms with Crippen LogP contribution in [0, 0.1) is 24.5 Å². The monoisotopic (exact) mass is 569 g/mol. The fourth-order valence-corrected chi connectivity index (χ4v) is 4.92. The lowest BCUT2D eigenvalue weighted by molar-refractivity contribution is -0.118. The van der Waals surface area contributed by atoms with Crippen molar-refractivity contribution in [3.8, 4) is 11.3 Å². The first kappa shape index (κ1) is 28.9. The quantitative estimate of drug-likeness (QED) is 0.236. The van der Waals surface area contributed by atoms with Crippen molar-refractivity contribution in [1.29, 1.82) is 0 Å². The largest absolute Gasteiger partial charge is 0.326 e. The molecule has 0 spiro atoms. The van der Waals surface area contributed by atoms with Crippen LogP contribution >= 0.6 is 0 Å². The molecule has 0 unspecified atom stereocenters. The van der Waals surface area contributed by atoms with Gasteiger partial charge < -0.3 is 9.88 Å². The number of halogens is 2. The molecule has 3 aromatic carbocycles. The second-order valence-electron chi connectivity index (χ2n) is 10.9. The summed E-state index contributed by atoms with van der Waals surface area (Å²) in [6.07, 6.45) is 1.59. The minimum Gasteiger partial charge on any atom is -0.326 e. The van der Waals surface area contributed by atoms with Crippen LogP contribution in [0.25, 0.3) is 17.0 Å². The van der Waals surface area contributed by atoms with E-state index in [-0.39, 0.29) is 35.3 Å². The van der Waals surface area contributed by atoms with Crippen molar-refractivity contribution in [3.05, 3.63) is 123 Å². The van der Waals surface area contributed by atoms with Crippen LogP contribution in [-0.4, -0.2) is 31.8 Å². The van der Waals surface area contributed by atoms with E-state index >= 15 is 0 Å². The molecule has 0 aliphatic carbocycles. The molecule has 2 aromatic heterocycles. The van der Waals surface area contributed by atoms with Crippen LogP contribution in [0.2, 0.25) is 0 Å². The first-order valence-corrected chi connectivity index (χ1v) is 13.8. The number of imidazole rings is 1. The molecular formula is C33H33F2N5O2. The van der Waals surface area contributed by atoms with Crippen molar-refractivity contribution in [3.63, 3.8) is 0 Å². The minimum atomic E-state index is -0.668. The lowest BCUT2D eigenvalue weighted by atomic mass is 10.1. The summed E-state index contributed by atoms with van der Waals surface area (Å²) in [6, 6.07) is 21.0. The number of benzene rings is 3. The van der Waals surface area contributed by atoms with Crippen LogP contribution in [-0.2, 0) is 24.4 Å². The summed E-state index contributed by atoms with van der Waals surface area (Å²) in [5, 5.41) is 2.89. The van der Waals surface area contributed by atoms with E-state index in [1.54, 1.807) is 34.2 Å². The van der Waals surface area contributed by atoms with E-state index in [0.717, 1.165) is 11.1 Å². The Labute approximate surface area is 243 Å². The van der Waals surface area contributed by atoms with Crippen molar-refractivity contribution < 1.29 is 13.6 Å². The molecule has 1 N–H and O–H groups in total. The summed E-state index contributed by atoms with van der Waals surface area (Å²) in [5.41, 5.74) is 3.78. The number of fused-ring (bicyclic) bond motifs is 1. The molecule has 1 amide bonds. The molecule has 5 aromatic rings. The van der Waals surface area contributed by atoms with Gasteiger partial charge in [-0.25, -0.2) is 18.2 Å². The number of hydrogen-bond donors (Lipinski definition) is 1. The number of rotatable bonds is 9.